The van der Waals surface area contributed by atoms with Crippen LogP contribution < -0.4 is 27.4 Å². The summed E-state index contributed by atoms with van der Waals surface area (Å²) in [5.41, 5.74) is 2.23. The Bertz CT molecular complexity index is 395. The van der Waals surface area contributed by atoms with Crippen LogP contribution in [0.25, 0.3) is 11.0 Å². The molecule has 0 aliphatic rings. The van der Waals surface area contributed by atoms with Gasteiger partial charge in [-0.3, -0.25) is 5.84 Å². The van der Waals surface area contributed by atoms with Crippen molar-refractivity contribution < 1.29 is 21.5 Å². The molecule has 2 N–H and O–H groups in total. The first-order chi connectivity index (χ1) is 5.72. The van der Waals surface area contributed by atoms with Crippen LogP contribution in [-0.4, -0.2) is 4.68 Å². The summed E-state index contributed by atoms with van der Waals surface area (Å²) in [5.74, 6) is 6.89. The van der Waals surface area contributed by atoms with Gasteiger partial charge in [-0.05, 0) is 12.1 Å². The van der Waals surface area contributed by atoms with Gasteiger partial charge in [-0.15, -0.1) is 4.68 Å². The third-order valence-electron chi connectivity index (χ3n) is 2.34. The molecule has 0 fully saturated rings. The first kappa shape index (κ1) is 10.1. The lowest BCUT2D eigenvalue weighted by atomic mass is 10.3. The third kappa shape index (κ3) is 1.31. The van der Waals surface area contributed by atoms with Crippen LogP contribution in [-0.2, 0) is 7.05 Å². The molecular formula is C9H12BrN3. The molecule has 2 aromatic rings. The van der Waals surface area contributed by atoms with Crippen molar-refractivity contribution in [3.63, 3.8) is 0 Å². The maximum absolute atomic E-state index is 5.83. The van der Waals surface area contributed by atoms with E-state index in [1.807, 2.05) is 32.2 Å². The van der Waals surface area contributed by atoms with Gasteiger partial charge in [0.2, 0.25) is 0 Å². The Morgan fingerprint density at radius 1 is 1.31 bits per heavy atom. The Balaban J connectivity index is 0.000000845. The zero-order valence-electron chi connectivity index (χ0n) is 7.66. The van der Waals surface area contributed by atoms with Crippen LogP contribution >= 0.6 is 0 Å². The van der Waals surface area contributed by atoms with Crippen molar-refractivity contribution >= 4 is 11.0 Å². The Labute approximate surface area is 87.5 Å². The van der Waals surface area contributed by atoms with E-state index in [0.29, 0.717) is 0 Å². The Morgan fingerprint density at radius 3 is 2.54 bits per heavy atom. The minimum atomic E-state index is 0. The van der Waals surface area contributed by atoms with Gasteiger partial charge in [0.1, 0.15) is 0 Å². The lowest BCUT2D eigenvalue weighted by molar-refractivity contribution is -0.652. The molecule has 0 bridgehead atoms. The van der Waals surface area contributed by atoms with Crippen molar-refractivity contribution in [1.82, 2.24) is 4.68 Å². The van der Waals surface area contributed by atoms with Crippen molar-refractivity contribution in [3.05, 3.63) is 30.1 Å². The van der Waals surface area contributed by atoms with Crippen molar-refractivity contribution in [2.24, 2.45) is 7.05 Å². The van der Waals surface area contributed by atoms with Gasteiger partial charge in [0.25, 0.3) is 5.82 Å². The van der Waals surface area contributed by atoms with Gasteiger partial charge >= 0.3 is 0 Å². The predicted molar refractivity (Wildman–Crippen MR) is 48.0 cm³/mol. The summed E-state index contributed by atoms with van der Waals surface area (Å²) in [4.78, 5) is 0. The van der Waals surface area contributed by atoms with Gasteiger partial charge < -0.3 is 17.0 Å². The average Bonchev–Trinajstić information content (AvgIpc) is 2.33. The molecule has 1 heterocycles. The summed E-state index contributed by atoms with van der Waals surface area (Å²) in [6.45, 7) is 2.00. The highest BCUT2D eigenvalue weighted by molar-refractivity contribution is 5.72. The standard InChI is InChI=1S/C9H12N3.BrH/c1-7-11(2)8-5-3-4-6-9(8)12(7)10;/h3-6H,10H2,1-2H3;1H/q+1;/p-1. The van der Waals surface area contributed by atoms with Crippen molar-refractivity contribution in [3.8, 4) is 0 Å². The molecule has 2 rings (SSSR count). The zero-order valence-corrected chi connectivity index (χ0v) is 9.25. The highest BCUT2D eigenvalue weighted by Gasteiger charge is 2.15. The van der Waals surface area contributed by atoms with E-state index in [1.54, 1.807) is 4.68 Å². The number of nitrogens with zero attached hydrogens (tertiary/aromatic N) is 2. The summed E-state index contributed by atoms with van der Waals surface area (Å²) in [6.07, 6.45) is 0. The molecule has 0 radical (unpaired) electrons. The number of aromatic nitrogens is 2. The Hall–Kier alpha value is -1.03. The smallest absolute Gasteiger partial charge is 0.277 e. The van der Waals surface area contributed by atoms with Gasteiger partial charge in [0.15, 0.2) is 11.0 Å². The molecule has 0 aliphatic heterocycles. The van der Waals surface area contributed by atoms with Gasteiger partial charge in [-0.1, -0.05) is 12.1 Å². The molecule has 4 heteroatoms. The van der Waals surface area contributed by atoms with Crippen LogP contribution in [0.2, 0.25) is 0 Å². The molecule has 1 aromatic carbocycles. The summed E-state index contributed by atoms with van der Waals surface area (Å²) in [7, 11) is 2.01. The molecular weight excluding hydrogens is 230 g/mol. The number of rotatable bonds is 0. The van der Waals surface area contributed by atoms with E-state index in [-0.39, 0.29) is 17.0 Å². The number of hydrogen-bond donors (Lipinski definition) is 1. The minimum Gasteiger partial charge on any atom is -1.00 e. The van der Waals surface area contributed by atoms with Gasteiger partial charge in [0, 0.05) is 6.92 Å². The van der Waals surface area contributed by atoms with Crippen LogP contribution in [0.3, 0.4) is 0 Å². The molecule has 0 atom stereocenters. The normalized spacial score (nSPS) is 10.0. The molecule has 0 unspecified atom stereocenters. The number of benzene rings is 1. The fourth-order valence-electron chi connectivity index (χ4n) is 1.46. The fourth-order valence-corrected chi connectivity index (χ4v) is 1.46. The van der Waals surface area contributed by atoms with E-state index in [4.69, 9.17) is 5.84 Å². The largest absolute Gasteiger partial charge is 1.00 e. The third-order valence-corrected chi connectivity index (χ3v) is 2.34. The summed E-state index contributed by atoms with van der Waals surface area (Å²) in [6, 6.07) is 8.08. The number of halogens is 1. The second-order valence-corrected chi connectivity index (χ2v) is 2.96. The number of fused-ring (bicyclic) bond motifs is 1. The number of nitrogens with two attached hydrogens (primary N) is 1. The lowest BCUT2D eigenvalue weighted by Gasteiger charge is -1.85. The molecule has 0 aliphatic carbocycles. The minimum absolute atomic E-state index is 0. The highest BCUT2D eigenvalue weighted by atomic mass is 79.9. The van der Waals surface area contributed by atoms with Crippen LogP contribution in [0.1, 0.15) is 5.82 Å². The van der Waals surface area contributed by atoms with E-state index in [1.165, 1.54) is 0 Å². The summed E-state index contributed by atoms with van der Waals surface area (Å²) < 4.78 is 3.78. The monoisotopic (exact) mass is 241 g/mol. The summed E-state index contributed by atoms with van der Waals surface area (Å²) >= 11 is 0. The van der Waals surface area contributed by atoms with Crippen LogP contribution in [0.5, 0.6) is 0 Å². The van der Waals surface area contributed by atoms with Crippen LogP contribution in [0, 0.1) is 6.92 Å². The Kier molecular flexibility index (Phi) is 2.61. The maximum Gasteiger partial charge on any atom is 0.277 e. The molecule has 0 spiro atoms. The first-order valence-electron chi connectivity index (χ1n) is 3.93. The van der Waals surface area contributed by atoms with Crippen LogP contribution in [0.15, 0.2) is 24.3 Å². The van der Waals surface area contributed by atoms with E-state index in [2.05, 4.69) is 10.6 Å². The number of hydrogen-bond acceptors (Lipinski definition) is 1. The second-order valence-electron chi connectivity index (χ2n) is 2.96. The van der Waals surface area contributed by atoms with Crippen LogP contribution in [0.4, 0.5) is 0 Å². The molecule has 3 nitrogen and oxygen atoms in total. The van der Waals surface area contributed by atoms with Gasteiger partial charge in [-0.25, -0.2) is 4.57 Å². The Morgan fingerprint density at radius 2 is 1.92 bits per heavy atom. The topological polar surface area (TPSA) is 34.8 Å². The van der Waals surface area contributed by atoms with Gasteiger partial charge in [-0.2, -0.15) is 0 Å². The molecule has 70 valence electrons. The SMILES string of the molecule is Cc1n(N)c2ccccc2[n+]1C.[Br-]. The summed E-state index contributed by atoms with van der Waals surface area (Å²) in [5, 5.41) is 0. The van der Waals surface area contributed by atoms with Crippen molar-refractivity contribution in [2.45, 2.75) is 6.92 Å². The quantitative estimate of drug-likeness (QED) is 0.402. The second kappa shape index (κ2) is 3.38. The van der Waals surface area contributed by atoms with E-state index in [9.17, 15) is 0 Å². The fraction of sp³-hybridized carbons (Fsp3) is 0.222. The van der Waals surface area contributed by atoms with Gasteiger partial charge in [0.05, 0.1) is 7.05 Å². The van der Waals surface area contributed by atoms with E-state index >= 15 is 0 Å². The first-order valence-corrected chi connectivity index (χ1v) is 3.93. The maximum atomic E-state index is 5.83. The number of nitrogen functional groups attached to an aromatic ring is 1. The van der Waals surface area contributed by atoms with E-state index in [0.717, 1.165) is 16.9 Å². The average molecular weight is 242 g/mol. The molecule has 1 aromatic heterocycles. The predicted octanol–water partition coefficient (Wildman–Crippen LogP) is -2.51. The molecule has 0 amide bonds. The van der Waals surface area contributed by atoms with E-state index < -0.39 is 0 Å². The van der Waals surface area contributed by atoms with Crippen molar-refractivity contribution in [2.75, 3.05) is 5.84 Å². The number of imidazole rings is 1. The zero-order chi connectivity index (χ0) is 8.72. The van der Waals surface area contributed by atoms with Crippen molar-refractivity contribution in [1.29, 1.82) is 0 Å². The lowest BCUT2D eigenvalue weighted by Crippen LogP contribution is -3.00. The number of aryl methyl sites for hydroxylation is 1. The highest BCUT2D eigenvalue weighted by Crippen LogP contribution is 2.09. The molecule has 13 heavy (non-hydrogen) atoms. The molecule has 0 saturated carbocycles. The number of para-hydroxylation sites is 2. The molecule has 0 saturated heterocycles.